The van der Waals surface area contributed by atoms with E-state index in [4.69, 9.17) is 0 Å². The summed E-state index contributed by atoms with van der Waals surface area (Å²) in [6.07, 6.45) is -2.18. The molecule has 5 nitrogen and oxygen atoms in total. The Morgan fingerprint density at radius 2 is 2.07 bits per heavy atom. The first-order chi connectivity index (χ1) is 7.09. The maximum atomic E-state index is 12.5. The Balaban J connectivity index is 2.58. The fourth-order valence-corrected chi connectivity index (χ4v) is 1.06. The molecule has 0 bridgehead atoms. The van der Waals surface area contributed by atoms with Crippen LogP contribution in [0.2, 0.25) is 0 Å². The van der Waals surface area contributed by atoms with Gasteiger partial charge in [0.25, 0.3) is 0 Å². The van der Waals surface area contributed by atoms with Gasteiger partial charge in [-0.25, -0.2) is 4.98 Å². The van der Waals surface area contributed by atoms with E-state index >= 15 is 0 Å². The largest absolute Gasteiger partial charge is 0.420 e. The van der Waals surface area contributed by atoms with E-state index in [1.54, 1.807) is 0 Å². The van der Waals surface area contributed by atoms with E-state index < -0.39 is 11.7 Å². The molecular weight excluding hydrogens is 211 g/mol. The van der Waals surface area contributed by atoms with E-state index in [-0.39, 0.29) is 5.82 Å². The van der Waals surface area contributed by atoms with Crippen molar-refractivity contribution in [1.29, 1.82) is 0 Å². The highest BCUT2D eigenvalue weighted by Gasteiger charge is 2.34. The molecule has 78 valence electrons. The average molecular weight is 215 g/mol. The van der Waals surface area contributed by atoms with E-state index in [0.717, 1.165) is 17.1 Å². The Kier molecular flexibility index (Phi) is 2.10. The molecule has 2 rings (SSSR count). The van der Waals surface area contributed by atoms with Crippen LogP contribution >= 0.6 is 0 Å². The maximum absolute atomic E-state index is 12.5. The molecule has 0 saturated carbocycles. The third-order valence-corrected chi connectivity index (χ3v) is 1.66. The highest BCUT2D eigenvalue weighted by molar-refractivity contribution is 5.34. The molecule has 0 unspecified atom stereocenters. The van der Waals surface area contributed by atoms with Crippen molar-refractivity contribution in [3.63, 3.8) is 0 Å². The molecule has 0 aliphatic carbocycles. The van der Waals surface area contributed by atoms with Crippen molar-refractivity contribution in [2.45, 2.75) is 6.18 Å². The molecule has 8 heteroatoms. The molecule has 0 aromatic carbocycles. The van der Waals surface area contributed by atoms with Gasteiger partial charge in [0, 0.05) is 6.20 Å². The summed E-state index contributed by atoms with van der Waals surface area (Å²) >= 11 is 0. The first-order valence-corrected chi connectivity index (χ1v) is 3.84. The predicted octanol–water partition coefficient (Wildman–Crippen LogP) is 1.08. The summed E-state index contributed by atoms with van der Waals surface area (Å²) in [5.41, 5.74) is -0.878. The van der Waals surface area contributed by atoms with Crippen molar-refractivity contribution in [1.82, 2.24) is 25.2 Å². The number of hydrogen-bond donors (Lipinski definition) is 0. The number of halogens is 3. The van der Waals surface area contributed by atoms with Crippen LogP contribution in [0.3, 0.4) is 0 Å². The van der Waals surface area contributed by atoms with Crippen LogP contribution in [0.1, 0.15) is 5.56 Å². The fourth-order valence-electron chi connectivity index (χ4n) is 1.06. The van der Waals surface area contributed by atoms with Crippen LogP contribution in [0.25, 0.3) is 5.82 Å². The van der Waals surface area contributed by atoms with Crippen molar-refractivity contribution < 1.29 is 13.2 Å². The zero-order valence-corrected chi connectivity index (χ0v) is 7.18. The van der Waals surface area contributed by atoms with E-state index in [1.165, 1.54) is 12.3 Å². The highest BCUT2D eigenvalue weighted by atomic mass is 19.4. The smallest absolute Gasteiger partial charge is 0.236 e. The van der Waals surface area contributed by atoms with Gasteiger partial charge in [-0.2, -0.15) is 17.9 Å². The van der Waals surface area contributed by atoms with Crippen molar-refractivity contribution in [3.8, 4) is 5.82 Å². The molecule has 0 amide bonds. The fraction of sp³-hybridized carbons (Fsp3) is 0.143. The number of hydrogen-bond acceptors (Lipinski definition) is 4. The molecule has 0 N–H and O–H groups in total. The van der Waals surface area contributed by atoms with Crippen LogP contribution in [-0.4, -0.2) is 25.2 Å². The number of aromatic nitrogens is 5. The monoisotopic (exact) mass is 215 g/mol. The number of rotatable bonds is 1. The number of pyridine rings is 1. The minimum atomic E-state index is -4.48. The van der Waals surface area contributed by atoms with Crippen molar-refractivity contribution >= 4 is 0 Å². The molecular formula is C7H4F3N5. The highest BCUT2D eigenvalue weighted by Crippen LogP contribution is 2.31. The van der Waals surface area contributed by atoms with Crippen LogP contribution in [-0.2, 0) is 6.18 Å². The van der Waals surface area contributed by atoms with Gasteiger partial charge in [0.2, 0.25) is 0 Å². The summed E-state index contributed by atoms with van der Waals surface area (Å²) in [5.74, 6) is -0.338. The van der Waals surface area contributed by atoms with Gasteiger partial charge in [-0.1, -0.05) is 0 Å². The molecule has 2 aromatic rings. The summed E-state index contributed by atoms with van der Waals surface area (Å²) < 4.78 is 38.4. The molecule has 0 aliphatic rings. The minimum absolute atomic E-state index is 0.338. The molecule has 2 aromatic heterocycles. The Morgan fingerprint density at radius 1 is 1.27 bits per heavy atom. The molecule has 0 fully saturated rings. The second-order valence-corrected chi connectivity index (χ2v) is 2.63. The maximum Gasteiger partial charge on any atom is 0.420 e. The lowest BCUT2D eigenvalue weighted by Crippen LogP contribution is -2.12. The van der Waals surface area contributed by atoms with Gasteiger partial charge in [0.1, 0.15) is 11.9 Å². The predicted molar refractivity (Wildman–Crippen MR) is 42.0 cm³/mol. The van der Waals surface area contributed by atoms with Gasteiger partial charge in [0.05, 0.1) is 0 Å². The van der Waals surface area contributed by atoms with Gasteiger partial charge in [-0.3, -0.25) is 0 Å². The lowest BCUT2D eigenvalue weighted by atomic mass is 10.2. The van der Waals surface area contributed by atoms with Crippen LogP contribution in [0, 0.1) is 0 Å². The number of alkyl halides is 3. The zero-order chi connectivity index (χ0) is 10.9. The zero-order valence-electron chi connectivity index (χ0n) is 7.18. The second kappa shape index (κ2) is 3.30. The van der Waals surface area contributed by atoms with Gasteiger partial charge in [-0.05, 0) is 22.6 Å². The van der Waals surface area contributed by atoms with Gasteiger partial charge in [0.15, 0.2) is 5.82 Å². The Bertz CT molecular complexity index is 450. The summed E-state index contributed by atoms with van der Waals surface area (Å²) in [5, 5.41) is 9.85. The van der Waals surface area contributed by atoms with Crippen LogP contribution in [0.4, 0.5) is 13.2 Å². The lowest BCUT2D eigenvalue weighted by Gasteiger charge is -2.09. The van der Waals surface area contributed by atoms with Crippen molar-refractivity contribution in [3.05, 3.63) is 30.2 Å². The third-order valence-electron chi connectivity index (χ3n) is 1.66. The van der Waals surface area contributed by atoms with Gasteiger partial charge in [-0.15, -0.1) is 5.10 Å². The summed E-state index contributed by atoms with van der Waals surface area (Å²) in [7, 11) is 0. The van der Waals surface area contributed by atoms with Crippen LogP contribution in [0.15, 0.2) is 24.7 Å². The molecule has 0 radical (unpaired) electrons. The quantitative estimate of drug-likeness (QED) is 0.714. The molecule has 0 aliphatic heterocycles. The van der Waals surface area contributed by atoms with Gasteiger partial charge >= 0.3 is 6.18 Å². The van der Waals surface area contributed by atoms with Crippen molar-refractivity contribution in [2.75, 3.05) is 0 Å². The normalized spacial score (nSPS) is 11.7. The van der Waals surface area contributed by atoms with E-state index in [1.807, 2.05) is 0 Å². The van der Waals surface area contributed by atoms with E-state index in [0.29, 0.717) is 0 Å². The van der Waals surface area contributed by atoms with Crippen molar-refractivity contribution in [2.24, 2.45) is 0 Å². The third kappa shape index (κ3) is 1.78. The van der Waals surface area contributed by atoms with Crippen LogP contribution in [0.5, 0.6) is 0 Å². The molecule has 15 heavy (non-hydrogen) atoms. The first kappa shape index (κ1) is 9.56. The summed E-state index contributed by atoms with van der Waals surface area (Å²) in [6, 6.07) is 2.13. The second-order valence-electron chi connectivity index (χ2n) is 2.63. The molecule has 0 saturated heterocycles. The lowest BCUT2D eigenvalue weighted by molar-refractivity contribution is -0.137. The molecule has 0 atom stereocenters. The average Bonchev–Trinajstić information content (AvgIpc) is 2.69. The standard InChI is InChI=1S/C7H4F3N5/c8-7(9,10)5-2-1-3-11-6(5)15-4-12-13-14-15/h1-4H. The topological polar surface area (TPSA) is 56.5 Å². The Labute approximate surface area is 81.6 Å². The minimum Gasteiger partial charge on any atom is -0.236 e. The number of tetrazole rings is 1. The first-order valence-electron chi connectivity index (χ1n) is 3.84. The SMILES string of the molecule is FC(F)(F)c1cccnc1-n1cnnn1. The Morgan fingerprint density at radius 3 is 2.67 bits per heavy atom. The summed E-state index contributed by atoms with van der Waals surface area (Å²) in [6.45, 7) is 0. The molecule has 0 spiro atoms. The van der Waals surface area contributed by atoms with E-state index in [2.05, 4.69) is 20.5 Å². The Hall–Kier alpha value is -1.99. The molecule has 2 heterocycles. The number of nitrogens with zero attached hydrogens (tertiary/aromatic N) is 5. The van der Waals surface area contributed by atoms with E-state index in [9.17, 15) is 13.2 Å². The van der Waals surface area contributed by atoms with Crippen LogP contribution < -0.4 is 0 Å². The van der Waals surface area contributed by atoms with Gasteiger partial charge < -0.3 is 0 Å². The summed E-state index contributed by atoms with van der Waals surface area (Å²) in [4.78, 5) is 3.59.